The average molecular weight is 178 g/mol. The van der Waals surface area contributed by atoms with Gasteiger partial charge in [-0.05, 0) is 0 Å². The van der Waals surface area contributed by atoms with E-state index in [9.17, 15) is 0 Å². The third-order valence-electron chi connectivity index (χ3n) is 0. The van der Waals surface area contributed by atoms with Gasteiger partial charge < -0.3 is 23.5 Å². The van der Waals surface area contributed by atoms with Crippen LogP contribution in [-0.4, -0.2) is 17.4 Å². The molecule has 0 atom stereocenters. The average Bonchev–Trinajstić information content (AvgIpc) is 0. The fourth-order valence-electron chi connectivity index (χ4n) is 0. The van der Waals surface area contributed by atoms with E-state index in [1.807, 2.05) is 0 Å². The molecule has 0 aromatic rings. The van der Waals surface area contributed by atoms with E-state index in [2.05, 4.69) is 0 Å². The minimum atomic E-state index is 0. The molecule has 0 rings (SSSR count). The van der Waals surface area contributed by atoms with Gasteiger partial charge in [0.1, 0.15) is 0 Å². The van der Waals surface area contributed by atoms with E-state index in [0.717, 1.165) is 0 Å². The largest absolute Gasteiger partial charge is 3.00 e. The van der Waals surface area contributed by atoms with Gasteiger partial charge in [-0.3, -0.25) is 0 Å². The summed E-state index contributed by atoms with van der Waals surface area (Å²) in [5.74, 6) is 0. The summed E-state index contributed by atoms with van der Waals surface area (Å²) in [6.07, 6.45) is 0. The monoisotopic (exact) mass is 178 g/mol. The summed E-state index contributed by atoms with van der Waals surface area (Å²) in [6, 6.07) is 0. The molecule has 0 bridgehead atoms. The Morgan fingerprint density at radius 1 is 0.429 bits per heavy atom. The molecule has 0 aliphatic carbocycles. The Morgan fingerprint density at radius 3 is 0.429 bits per heavy atom. The summed E-state index contributed by atoms with van der Waals surface area (Å²) < 4.78 is 0. The third-order valence-corrected chi connectivity index (χ3v) is 0. The van der Waals surface area contributed by atoms with E-state index < -0.39 is 0 Å². The zero-order valence-electron chi connectivity index (χ0n) is 2.82. The van der Waals surface area contributed by atoms with E-state index in [-0.39, 0.29) is 58.0 Å². The zero-order chi connectivity index (χ0) is 0. The number of hydrogen-bond donors (Lipinski definition) is 0. The second kappa shape index (κ2) is 442. The van der Waals surface area contributed by atoms with Gasteiger partial charge in [0.15, 0.2) is 0 Å². The quantitative estimate of drug-likeness (QED) is 0.255. The standard InChI is InChI=1S/Al.5FH.Fe/h;5*1H;/q+3;;;;;;+2/p-5. The van der Waals surface area contributed by atoms with Crippen LogP contribution in [-0.2, 0) is 17.1 Å². The number of hydrogen-bond acceptors (Lipinski definition) is 0. The van der Waals surface area contributed by atoms with Crippen molar-refractivity contribution in [1.82, 2.24) is 0 Å². The van der Waals surface area contributed by atoms with Crippen molar-refractivity contribution < 1.29 is 40.6 Å². The minimum absolute atomic E-state index is 0. The van der Waals surface area contributed by atoms with Crippen LogP contribution in [0.3, 0.4) is 0 Å². The second-order valence-corrected chi connectivity index (χ2v) is 0. The summed E-state index contributed by atoms with van der Waals surface area (Å²) in [5.41, 5.74) is 0. The molecule has 0 saturated heterocycles. The first-order valence-corrected chi connectivity index (χ1v) is 0. The van der Waals surface area contributed by atoms with Gasteiger partial charge in [-0.1, -0.05) is 0 Å². The van der Waals surface area contributed by atoms with Crippen LogP contribution >= 0.6 is 0 Å². The van der Waals surface area contributed by atoms with E-state index in [1.165, 1.54) is 0 Å². The van der Waals surface area contributed by atoms with Gasteiger partial charge in [0.25, 0.3) is 0 Å². The molecule has 0 aliphatic rings. The van der Waals surface area contributed by atoms with E-state index >= 15 is 0 Å². The molecule has 0 aromatic carbocycles. The molecule has 0 aromatic heterocycles. The molecule has 7 heteroatoms. The molecule has 0 fully saturated rings. The molecule has 46 valence electrons. The van der Waals surface area contributed by atoms with Crippen molar-refractivity contribution in [2.45, 2.75) is 0 Å². The SMILES string of the molecule is [Al+3].[F-].[F-].[F-].[F-].[F-].[Fe+2]. The molecular formula is AlF5Fe. The van der Waals surface area contributed by atoms with Crippen LogP contribution in [0.2, 0.25) is 0 Å². The maximum Gasteiger partial charge on any atom is 3.00 e. The maximum absolute atomic E-state index is 0. The Bertz CT molecular complexity index is 8.04. The molecule has 0 radical (unpaired) electrons. The van der Waals surface area contributed by atoms with E-state index in [1.54, 1.807) is 0 Å². The predicted octanol–water partition coefficient (Wildman–Crippen LogP) is -15.4. The minimum Gasteiger partial charge on any atom is -1.00 e. The van der Waals surface area contributed by atoms with E-state index in [0.29, 0.717) is 0 Å². The first-order chi connectivity index (χ1) is 0. The topological polar surface area (TPSA) is 0 Å². The van der Waals surface area contributed by atoms with Crippen molar-refractivity contribution >= 4 is 17.4 Å². The van der Waals surface area contributed by atoms with Crippen molar-refractivity contribution in [3.8, 4) is 0 Å². The molecule has 0 amide bonds. The van der Waals surface area contributed by atoms with Crippen molar-refractivity contribution in [2.75, 3.05) is 0 Å². The van der Waals surface area contributed by atoms with Crippen LogP contribution in [0, 0.1) is 0 Å². The van der Waals surface area contributed by atoms with Gasteiger partial charge in [-0.15, -0.1) is 0 Å². The van der Waals surface area contributed by atoms with Crippen LogP contribution in [0.1, 0.15) is 0 Å². The van der Waals surface area contributed by atoms with Crippen molar-refractivity contribution in [1.29, 1.82) is 0 Å². The molecule has 0 spiro atoms. The molecule has 0 heterocycles. The van der Waals surface area contributed by atoms with Gasteiger partial charge in [-0.25, -0.2) is 0 Å². The van der Waals surface area contributed by atoms with Gasteiger partial charge in [-0.2, -0.15) is 0 Å². The predicted molar refractivity (Wildman–Crippen MR) is 5.75 cm³/mol. The van der Waals surface area contributed by atoms with Crippen molar-refractivity contribution in [3.63, 3.8) is 0 Å². The van der Waals surface area contributed by atoms with Crippen LogP contribution < -0.4 is 23.5 Å². The van der Waals surface area contributed by atoms with Crippen LogP contribution in [0.15, 0.2) is 0 Å². The third kappa shape index (κ3) is 301. The summed E-state index contributed by atoms with van der Waals surface area (Å²) in [6.45, 7) is 0. The second-order valence-electron chi connectivity index (χ2n) is 0. The normalized spacial score (nSPS) is 0. The molecule has 0 nitrogen and oxygen atoms in total. The number of halogens is 5. The first kappa shape index (κ1) is 702. The Labute approximate surface area is 58.5 Å². The zero-order valence-corrected chi connectivity index (χ0v) is 5.08. The fourth-order valence-corrected chi connectivity index (χ4v) is 0. The van der Waals surface area contributed by atoms with Gasteiger partial charge in [0.05, 0.1) is 0 Å². The number of rotatable bonds is 0. The Kier molecular flexibility index (Phi) is 44400. The Balaban J connectivity index is 0. The Morgan fingerprint density at radius 2 is 0.429 bits per heavy atom. The summed E-state index contributed by atoms with van der Waals surface area (Å²) in [7, 11) is 0. The molecular weight excluding hydrogens is 178 g/mol. The summed E-state index contributed by atoms with van der Waals surface area (Å²) in [4.78, 5) is 0. The van der Waals surface area contributed by atoms with Crippen LogP contribution in [0.25, 0.3) is 0 Å². The maximum atomic E-state index is 0. The van der Waals surface area contributed by atoms with Gasteiger partial charge in [0, 0.05) is 0 Å². The smallest absolute Gasteiger partial charge is 1.00 e. The van der Waals surface area contributed by atoms with Gasteiger partial charge in [0.2, 0.25) is 0 Å². The summed E-state index contributed by atoms with van der Waals surface area (Å²) in [5, 5.41) is 0. The molecule has 0 unspecified atom stereocenters. The van der Waals surface area contributed by atoms with Gasteiger partial charge >= 0.3 is 34.4 Å². The van der Waals surface area contributed by atoms with Crippen molar-refractivity contribution in [2.24, 2.45) is 0 Å². The molecule has 0 aliphatic heterocycles. The molecule has 0 saturated carbocycles. The van der Waals surface area contributed by atoms with Crippen LogP contribution in [0.5, 0.6) is 0 Å². The molecule has 7 heavy (non-hydrogen) atoms. The van der Waals surface area contributed by atoms with Crippen molar-refractivity contribution in [3.05, 3.63) is 0 Å². The van der Waals surface area contributed by atoms with Crippen LogP contribution in [0.4, 0.5) is 0 Å². The first-order valence-electron chi connectivity index (χ1n) is 0. The van der Waals surface area contributed by atoms with E-state index in [4.69, 9.17) is 0 Å². The Hall–Kier alpha value is 0.702. The molecule has 0 N–H and O–H groups in total. The fraction of sp³-hybridized carbons (Fsp3) is 0. The summed E-state index contributed by atoms with van der Waals surface area (Å²) >= 11 is 0.